The first-order valence-corrected chi connectivity index (χ1v) is 8.74. The lowest BCUT2D eigenvalue weighted by atomic mass is 10.1. The summed E-state index contributed by atoms with van der Waals surface area (Å²) in [5.74, 6) is 0.324. The number of aromatic nitrogens is 5. The molecule has 2 aliphatic rings. The topological polar surface area (TPSA) is 71.7 Å². The number of benzene rings is 1. The fourth-order valence-corrected chi connectivity index (χ4v) is 4.01. The second kappa shape index (κ2) is 5.91. The van der Waals surface area contributed by atoms with E-state index in [4.69, 9.17) is 0 Å². The molecule has 1 aromatic carbocycles. The Kier molecular flexibility index (Phi) is 3.61. The van der Waals surface area contributed by atoms with Crippen LogP contribution in [-0.4, -0.2) is 68.5 Å². The van der Waals surface area contributed by atoms with Crippen LogP contribution in [0, 0.1) is 0 Å². The predicted octanol–water partition coefficient (Wildman–Crippen LogP) is 1.86. The number of fused-ring (bicyclic) bond motifs is 4. The van der Waals surface area contributed by atoms with Crippen molar-refractivity contribution in [3.63, 3.8) is 0 Å². The van der Waals surface area contributed by atoms with Gasteiger partial charge < -0.3 is 9.64 Å². The molecule has 1 unspecified atom stereocenters. The molecule has 0 saturated carbocycles. The molecular formula is C16H16F3N7O. The lowest BCUT2D eigenvalue weighted by Gasteiger charge is -2.38. The second-order valence-corrected chi connectivity index (χ2v) is 6.83. The summed E-state index contributed by atoms with van der Waals surface area (Å²) in [5, 5.41) is 11.7. The largest absolute Gasteiger partial charge is 0.573 e. The standard InChI is InChI=1S/C16H16F3N7O/c17-16(18,19)27-11-3-4-12-13(8-11)26-15(21-22-23-26)14(20-12)25-7-6-24-5-1-2-10(24)9-25/h3-4,8,10H,1-2,5-7,9H2. The van der Waals surface area contributed by atoms with Gasteiger partial charge >= 0.3 is 6.36 Å². The molecule has 0 N–H and O–H groups in total. The van der Waals surface area contributed by atoms with Gasteiger partial charge in [-0.2, -0.15) is 4.52 Å². The van der Waals surface area contributed by atoms with E-state index in [1.165, 1.54) is 29.1 Å². The molecule has 5 rings (SSSR count). The molecule has 0 amide bonds. The number of hydrogen-bond donors (Lipinski definition) is 0. The summed E-state index contributed by atoms with van der Waals surface area (Å²) in [6, 6.07) is 4.48. The zero-order valence-electron chi connectivity index (χ0n) is 14.2. The number of halogens is 3. The van der Waals surface area contributed by atoms with E-state index in [9.17, 15) is 13.2 Å². The Balaban J connectivity index is 1.57. The van der Waals surface area contributed by atoms with Gasteiger partial charge in [-0.1, -0.05) is 0 Å². The van der Waals surface area contributed by atoms with Crippen LogP contribution in [0.15, 0.2) is 18.2 Å². The molecule has 2 saturated heterocycles. The van der Waals surface area contributed by atoms with Gasteiger partial charge in [0, 0.05) is 31.7 Å². The van der Waals surface area contributed by atoms with E-state index in [0.29, 0.717) is 28.5 Å². The van der Waals surface area contributed by atoms with Crippen molar-refractivity contribution in [3.8, 4) is 5.75 Å². The molecule has 0 spiro atoms. The summed E-state index contributed by atoms with van der Waals surface area (Å²) in [6.45, 7) is 3.74. The summed E-state index contributed by atoms with van der Waals surface area (Å²) in [6.07, 6.45) is -2.40. The second-order valence-electron chi connectivity index (χ2n) is 6.83. The molecular weight excluding hydrogens is 363 g/mol. The Morgan fingerprint density at radius 2 is 2.04 bits per heavy atom. The van der Waals surface area contributed by atoms with Crippen LogP contribution in [-0.2, 0) is 0 Å². The third kappa shape index (κ3) is 2.91. The van der Waals surface area contributed by atoms with Gasteiger partial charge in [0.2, 0.25) is 5.65 Å². The Hall–Kier alpha value is -2.69. The Morgan fingerprint density at radius 3 is 2.89 bits per heavy atom. The van der Waals surface area contributed by atoms with Gasteiger partial charge in [-0.15, -0.1) is 18.3 Å². The van der Waals surface area contributed by atoms with Gasteiger partial charge in [0.25, 0.3) is 0 Å². The van der Waals surface area contributed by atoms with Crippen LogP contribution in [0.3, 0.4) is 0 Å². The third-order valence-corrected chi connectivity index (χ3v) is 5.19. The molecule has 2 aromatic heterocycles. The van der Waals surface area contributed by atoms with Gasteiger partial charge in [0.1, 0.15) is 5.75 Å². The van der Waals surface area contributed by atoms with E-state index in [-0.39, 0.29) is 5.75 Å². The smallest absolute Gasteiger partial charge is 0.406 e. The zero-order valence-corrected chi connectivity index (χ0v) is 14.2. The van der Waals surface area contributed by atoms with Gasteiger partial charge in [-0.05, 0) is 41.9 Å². The van der Waals surface area contributed by atoms with Gasteiger partial charge in [-0.25, -0.2) is 4.98 Å². The maximum absolute atomic E-state index is 12.5. The maximum Gasteiger partial charge on any atom is 0.573 e. The number of alkyl halides is 3. The first-order chi connectivity index (χ1) is 13.0. The molecule has 8 nitrogen and oxygen atoms in total. The number of anilines is 1. The van der Waals surface area contributed by atoms with E-state index in [1.54, 1.807) is 0 Å². The van der Waals surface area contributed by atoms with E-state index in [0.717, 1.165) is 32.6 Å². The first-order valence-electron chi connectivity index (χ1n) is 8.74. The number of piperazine rings is 1. The highest BCUT2D eigenvalue weighted by molar-refractivity contribution is 5.83. The third-order valence-electron chi connectivity index (χ3n) is 5.19. The van der Waals surface area contributed by atoms with Crippen LogP contribution >= 0.6 is 0 Å². The summed E-state index contributed by atoms with van der Waals surface area (Å²) in [4.78, 5) is 9.31. The average Bonchev–Trinajstić information content (AvgIpc) is 3.28. The lowest BCUT2D eigenvalue weighted by Crippen LogP contribution is -2.50. The molecule has 0 radical (unpaired) electrons. The van der Waals surface area contributed by atoms with Crippen molar-refractivity contribution in [2.45, 2.75) is 25.2 Å². The molecule has 142 valence electrons. The van der Waals surface area contributed by atoms with Crippen molar-refractivity contribution in [1.82, 2.24) is 29.9 Å². The quantitative estimate of drug-likeness (QED) is 0.673. The molecule has 11 heteroatoms. The maximum atomic E-state index is 12.5. The minimum absolute atomic E-state index is 0.332. The van der Waals surface area contributed by atoms with Crippen LogP contribution < -0.4 is 9.64 Å². The molecule has 2 fully saturated rings. The lowest BCUT2D eigenvalue weighted by molar-refractivity contribution is -0.274. The predicted molar refractivity (Wildman–Crippen MR) is 89.6 cm³/mol. The monoisotopic (exact) mass is 379 g/mol. The summed E-state index contributed by atoms with van der Waals surface area (Å²) < 4.78 is 43.0. The number of tetrazole rings is 1. The minimum Gasteiger partial charge on any atom is -0.406 e. The SMILES string of the molecule is FC(F)(F)Oc1ccc2nc(N3CCN4CCCC4C3)c3nnnn3c2c1. The molecule has 0 aliphatic carbocycles. The minimum atomic E-state index is -4.76. The van der Waals surface area contributed by atoms with Crippen molar-refractivity contribution < 1.29 is 17.9 Å². The molecule has 2 aliphatic heterocycles. The molecule has 1 atom stereocenters. The first kappa shape index (κ1) is 16.5. The summed E-state index contributed by atoms with van der Waals surface area (Å²) in [7, 11) is 0. The van der Waals surface area contributed by atoms with E-state index < -0.39 is 6.36 Å². The number of hydrogen-bond acceptors (Lipinski definition) is 7. The average molecular weight is 379 g/mol. The van der Waals surface area contributed by atoms with Crippen LogP contribution in [0.25, 0.3) is 16.7 Å². The van der Waals surface area contributed by atoms with Crippen LogP contribution in [0.5, 0.6) is 5.75 Å². The highest BCUT2D eigenvalue weighted by atomic mass is 19.4. The number of ether oxygens (including phenoxy) is 1. The Morgan fingerprint density at radius 1 is 1.15 bits per heavy atom. The fourth-order valence-electron chi connectivity index (χ4n) is 4.01. The number of nitrogens with zero attached hydrogens (tertiary/aromatic N) is 7. The van der Waals surface area contributed by atoms with Gasteiger partial charge in [0.05, 0.1) is 11.0 Å². The van der Waals surface area contributed by atoms with Crippen molar-refractivity contribution in [2.75, 3.05) is 31.1 Å². The summed E-state index contributed by atoms with van der Waals surface area (Å²) >= 11 is 0. The summed E-state index contributed by atoms with van der Waals surface area (Å²) in [5.41, 5.74) is 1.30. The van der Waals surface area contributed by atoms with Crippen molar-refractivity contribution in [1.29, 1.82) is 0 Å². The van der Waals surface area contributed by atoms with Crippen molar-refractivity contribution >= 4 is 22.5 Å². The van der Waals surface area contributed by atoms with Crippen molar-refractivity contribution in [2.24, 2.45) is 0 Å². The fraction of sp³-hybridized carbons (Fsp3) is 0.500. The van der Waals surface area contributed by atoms with Gasteiger partial charge in [-0.3, -0.25) is 4.90 Å². The van der Waals surface area contributed by atoms with E-state index in [1.807, 2.05) is 0 Å². The molecule has 0 bridgehead atoms. The zero-order chi connectivity index (χ0) is 18.6. The van der Waals surface area contributed by atoms with E-state index >= 15 is 0 Å². The molecule has 4 heterocycles. The van der Waals surface area contributed by atoms with Gasteiger partial charge in [0.15, 0.2) is 5.82 Å². The number of rotatable bonds is 2. The normalized spacial score (nSPS) is 21.1. The molecule has 27 heavy (non-hydrogen) atoms. The van der Waals surface area contributed by atoms with Crippen LogP contribution in [0.2, 0.25) is 0 Å². The van der Waals surface area contributed by atoms with Crippen LogP contribution in [0.1, 0.15) is 12.8 Å². The van der Waals surface area contributed by atoms with E-state index in [2.05, 4.69) is 35.0 Å². The molecule has 3 aromatic rings. The Bertz CT molecular complexity index is 1000. The van der Waals surface area contributed by atoms with Crippen LogP contribution in [0.4, 0.5) is 19.0 Å². The highest BCUT2D eigenvalue weighted by Crippen LogP contribution is 2.30. The highest BCUT2D eigenvalue weighted by Gasteiger charge is 2.33. The van der Waals surface area contributed by atoms with Crippen molar-refractivity contribution in [3.05, 3.63) is 18.2 Å². The Labute approximate surface area is 151 Å².